The van der Waals surface area contributed by atoms with Crippen LogP contribution < -0.4 is 10.2 Å². The van der Waals surface area contributed by atoms with E-state index in [1.54, 1.807) is 0 Å². The summed E-state index contributed by atoms with van der Waals surface area (Å²) in [6, 6.07) is 14.4. The lowest BCUT2D eigenvalue weighted by Crippen LogP contribution is -2.48. The van der Waals surface area contributed by atoms with Crippen molar-refractivity contribution in [2.45, 2.75) is 65.3 Å². The second-order valence-corrected chi connectivity index (χ2v) is 9.70. The highest BCUT2D eigenvalue weighted by molar-refractivity contribution is 5.95. The van der Waals surface area contributed by atoms with Gasteiger partial charge in [-0.25, -0.2) is 14.6 Å². The quantitative estimate of drug-likeness (QED) is 0.496. The van der Waals surface area contributed by atoms with Gasteiger partial charge in [0.15, 0.2) is 0 Å². The minimum Gasteiger partial charge on any atom is -0.465 e. The zero-order valence-corrected chi connectivity index (χ0v) is 19.7. The summed E-state index contributed by atoms with van der Waals surface area (Å²) in [5, 5.41) is 11.4. The number of aromatic nitrogens is 2. The first-order chi connectivity index (χ1) is 16.4. The molecule has 2 aromatic carbocycles. The Morgan fingerprint density at radius 2 is 2.00 bits per heavy atom. The zero-order valence-electron chi connectivity index (χ0n) is 19.7. The standard InChI is InChI=1S/C26H31N5O3/c1-17(2)11-12-29-23-10-7-18(14-27-25(32)33)13-21(23)28-24(29)16-31-22-6-4-3-5-19(22)15-30(26(31)34)20-8-9-20/h3-7,10,13,17,20,27H,8-9,11-12,14-16H2,1-2H3,(H,32,33). The molecule has 1 aliphatic heterocycles. The van der Waals surface area contributed by atoms with Crippen molar-refractivity contribution in [1.29, 1.82) is 0 Å². The van der Waals surface area contributed by atoms with E-state index in [0.717, 1.165) is 53.9 Å². The molecule has 0 atom stereocenters. The van der Waals surface area contributed by atoms with E-state index in [0.29, 0.717) is 25.0 Å². The number of rotatable bonds is 8. The Hall–Kier alpha value is -3.55. The van der Waals surface area contributed by atoms with E-state index in [-0.39, 0.29) is 12.6 Å². The smallest absolute Gasteiger partial charge is 0.404 e. The zero-order chi connectivity index (χ0) is 23.8. The number of fused-ring (bicyclic) bond motifs is 2. The molecule has 0 radical (unpaired) electrons. The average Bonchev–Trinajstić information content (AvgIpc) is 3.59. The van der Waals surface area contributed by atoms with Crippen molar-refractivity contribution in [1.82, 2.24) is 19.8 Å². The maximum atomic E-state index is 13.5. The molecule has 1 saturated carbocycles. The van der Waals surface area contributed by atoms with Crippen molar-refractivity contribution in [3.05, 3.63) is 59.4 Å². The van der Waals surface area contributed by atoms with Gasteiger partial charge in [0.1, 0.15) is 5.82 Å². The van der Waals surface area contributed by atoms with Gasteiger partial charge in [-0.05, 0) is 54.5 Å². The lowest BCUT2D eigenvalue weighted by atomic mass is 10.1. The molecule has 3 amide bonds. The molecular weight excluding hydrogens is 430 g/mol. The van der Waals surface area contributed by atoms with Gasteiger partial charge in [-0.15, -0.1) is 0 Å². The van der Waals surface area contributed by atoms with Crippen LogP contribution in [0.1, 0.15) is 50.1 Å². The lowest BCUT2D eigenvalue weighted by Gasteiger charge is -2.37. The van der Waals surface area contributed by atoms with Gasteiger partial charge in [-0.1, -0.05) is 38.1 Å². The summed E-state index contributed by atoms with van der Waals surface area (Å²) in [4.78, 5) is 33.2. The van der Waals surface area contributed by atoms with Gasteiger partial charge in [0.25, 0.3) is 0 Å². The van der Waals surface area contributed by atoms with Crippen molar-refractivity contribution in [2.75, 3.05) is 4.90 Å². The van der Waals surface area contributed by atoms with Crippen LogP contribution >= 0.6 is 0 Å². The Labute approximate surface area is 199 Å². The Balaban J connectivity index is 1.51. The van der Waals surface area contributed by atoms with Crippen LogP contribution in [0, 0.1) is 5.92 Å². The number of hydrogen-bond acceptors (Lipinski definition) is 3. The Kier molecular flexibility index (Phi) is 5.89. The number of para-hydroxylation sites is 1. The molecular formula is C26H31N5O3. The van der Waals surface area contributed by atoms with E-state index in [9.17, 15) is 9.59 Å². The second kappa shape index (κ2) is 9.00. The van der Waals surface area contributed by atoms with Crippen molar-refractivity contribution >= 4 is 28.8 Å². The molecule has 34 heavy (non-hydrogen) atoms. The van der Waals surface area contributed by atoms with E-state index < -0.39 is 6.09 Å². The molecule has 0 spiro atoms. The molecule has 0 bridgehead atoms. The molecule has 1 aromatic heterocycles. The Bertz CT molecular complexity index is 1230. The number of nitrogens with zero attached hydrogens (tertiary/aromatic N) is 4. The normalized spacial score (nSPS) is 15.8. The molecule has 8 heteroatoms. The monoisotopic (exact) mass is 461 g/mol. The first-order valence-corrected chi connectivity index (χ1v) is 12.0. The van der Waals surface area contributed by atoms with Crippen molar-refractivity contribution in [3.8, 4) is 0 Å². The van der Waals surface area contributed by atoms with Crippen LogP contribution in [-0.2, 0) is 26.2 Å². The third-order valence-electron chi connectivity index (χ3n) is 6.65. The van der Waals surface area contributed by atoms with Crippen LogP contribution in [0.4, 0.5) is 15.3 Å². The summed E-state index contributed by atoms with van der Waals surface area (Å²) in [6.07, 6.45) is 2.09. The van der Waals surface area contributed by atoms with E-state index in [1.165, 1.54) is 5.56 Å². The number of carbonyl (C=O) groups excluding carboxylic acids is 1. The van der Waals surface area contributed by atoms with E-state index in [4.69, 9.17) is 10.1 Å². The number of anilines is 1. The van der Waals surface area contributed by atoms with Gasteiger partial charge in [-0.2, -0.15) is 0 Å². The highest BCUT2D eigenvalue weighted by Crippen LogP contribution is 2.37. The number of urea groups is 1. The molecule has 2 aliphatic rings. The molecule has 2 heterocycles. The largest absolute Gasteiger partial charge is 0.465 e. The van der Waals surface area contributed by atoms with Gasteiger partial charge >= 0.3 is 12.1 Å². The number of hydrogen-bond donors (Lipinski definition) is 2. The van der Waals surface area contributed by atoms with Gasteiger partial charge in [-0.3, -0.25) is 4.90 Å². The van der Waals surface area contributed by atoms with Gasteiger partial charge in [0.05, 0.1) is 23.3 Å². The van der Waals surface area contributed by atoms with E-state index >= 15 is 0 Å². The highest BCUT2D eigenvalue weighted by atomic mass is 16.4. The topological polar surface area (TPSA) is 90.7 Å². The fourth-order valence-corrected chi connectivity index (χ4v) is 4.65. The van der Waals surface area contributed by atoms with Crippen molar-refractivity contribution in [2.24, 2.45) is 5.92 Å². The average molecular weight is 462 g/mol. The van der Waals surface area contributed by atoms with Crippen LogP contribution in [0.15, 0.2) is 42.5 Å². The molecule has 1 fully saturated rings. The third-order valence-corrected chi connectivity index (χ3v) is 6.65. The number of imidazole rings is 1. The first-order valence-electron chi connectivity index (χ1n) is 12.0. The molecule has 0 saturated heterocycles. The lowest BCUT2D eigenvalue weighted by molar-refractivity contribution is 0.193. The summed E-state index contributed by atoms with van der Waals surface area (Å²) in [5.74, 6) is 1.38. The number of aryl methyl sites for hydroxylation is 1. The summed E-state index contributed by atoms with van der Waals surface area (Å²) < 4.78 is 2.22. The summed E-state index contributed by atoms with van der Waals surface area (Å²) in [6.45, 7) is 6.51. The summed E-state index contributed by atoms with van der Waals surface area (Å²) in [7, 11) is 0. The SMILES string of the molecule is CC(C)CCn1c(CN2C(=O)N(C3CC3)Cc3ccccc32)nc2cc(CNC(=O)O)ccc21. The van der Waals surface area contributed by atoms with Crippen LogP contribution in [0.3, 0.4) is 0 Å². The molecule has 178 valence electrons. The van der Waals surface area contributed by atoms with Crippen LogP contribution in [0.2, 0.25) is 0 Å². The van der Waals surface area contributed by atoms with Gasteiger partial charge in [0.2, 0.25) is 0 Å². The number of carbonyl (C=O) groups is 2. The molecule has 1 aliphatic carbocycles. The van der Waals surface area contributed by atoms with Crippen molar-refractivity contribution in [3.63, 3.8) is 0 Å². The van der Waals surface area contributed by atoms with Crippen LogP contribution in [0.5, 0.6) is 0 Å². The number of benzene rings is 2. The molecule has 5 rings (SSSR count). The first kappa shape index (κ1) is 22.3. The molecule has 0 unspecified atom stereocenters. The van der Waals surface area contributed by atoms with E-state index in [1.807, 2.05) is 46.2 Å². The fraction of sp³-hybridized carbons (Fsp3) is 0.423. The number of amides is 3. The predicted octanol–water partition coefficient (Wildman–Crippen LogP) is 4.95. The third kappa shape index (κ3) is 4.44. The van der Waals surface area contributed by atoms with Crippen LogP contribution in [-0.4, -0.2) is 37.7 Å². The molecule has 3 aromatic rings. The minimum absolute atomic E-state index is 0.0509. The maximum absolute atomic E-state index is 13.5. The Morgan fingerprint density at radius 3 is 2.74 bits per heavy atom. The molecule has 2 N–H and O–H groups in total. The molecule has 8 nitrogen and oxygen atoms in total. The van der Waals surface area contributed by atoms with Gasteiger partial charge in [0, 0.05) is 25.7 Å². The van der Waals surface area contributed by atoms with E-state index in [2.05, 4.69) is 29.8 Å². The van der Waals surface area contributed by atoms with Crippen molar-refractivity contribution < 1.29 is 14.7 Å². The maximum Gasteiger partial charge on any atom is 0.404 e. The highest BCUT2D eigenvalue weighted by Gasteiger charge is 2.39. The number of nitrogens with one attached hydrogen (secondary N) is 1. The predicted molar refractivity (Wildman–Crippen MR) is 131 cm³/mol. The summed E-state index contributed by atoms with van der Waals surface area (Å²) in [5.41, 5.74) is 4.81. The fourth-order valence-electron chi connectivity index (χ4n) is 4.65. The van der Waals surface area contributed by atoms with Crippen LogP contribution in [0.25, 0.3) is 11.0 Å². The van der Waals surface area contributed by atoms with Gasteiger partial charge < -0.3 is 19.9 Å². The number of carboxylic acid groups (broad SMARTS) is 1. The second-order valence-electron chi connectivity index (χ2n) is 9.70. The minimum atomic E-state index is -1.05. The summed E-state index contributed by atoms with van der Waals surface area (Å²) >= 11 is 0. The Morgan fingerprint density at radius 1 is 1.21 bits per heavy atom.